The van der Waals surface area contributed by atoms with Crippen LogP contribution in [0.15, 0.2) is 18.2 Å². The molecular formula is C13H15Cl2NO2. The fourth-order valence-electron chi connectivity index (χ4n) is 2.00. The van der Waals surface area contributed by atoms with Crippen molar-refractivity contribution in [2.75, 3.05) is 0 Å². The molecule has 0 saturated heterocycles. The lowest BCUT2D eigenvalue weighted by Crippen LogP contribution is -2.40. The normalized spacial score (nSPS) is 16.9. The Balaban J connectivity index is 2.18. The first-order valence-corrected chi connectivity index (χ1v) is 6.67. The summed E-state index contributed by atoms with van der Waals surface area (Å²) in [4.78, 5) is 13.1. The van der Waals surface area contributed by atoms with Crippen LogP contribution in [-0.4, -0.2) is 28.1 Å². The van der Waals surface area contributed by atoms with E-state index < -0.39 is 12.0 Å². The van der Waals surface area contributed by atoms with Crippen LogP contribution in [-0.2, 0) is 11.3 Å². The Kier molecular flexibility index (Phi) is 4.15. The Morgan fingerprint density at radius 1 is 1.50 bits per heavy atom. The predicted molar refractivity (Wildman–Crippen MR) is 72.1 cm³/mol. The molecule has 1 unspecified atom stereocenters. The van der Waals surface area contributed by atoms with Gasteiger partial charge in [-0.2, -0.15) is 0 Å². The first-order valence-electron chi connectivity index (χ1n) is 5.92. The summed E-state index contributed by atoms with van der Waals surface area (Å²) in [6.07, 6.45) is 2.10. The number of hydrogen-bond acceptors (Lipinski definition) is 2. The highest BCUT2D eigenvalue weighted by Crippen LogP contribution is 2.33. The highest BCUT2D eigenvalue weighted by atomic mass is 35.5. The van der Waals surface area contributed by atoms with Crippen LogP contribution >= 0.6 is 23.2 Å². The molecule has 0 aliphatic heterocycles. The lowest BCUT2D eigenvalue weighted by Gasteiger charge is -2.26. The zero-order valence-corrected chi connectivity index (χ0v) is 11.6. The molecule has 1 aromatic carbocycles. The van der Waals surface area contributed by atoms with Crippen molar-refractivity contribution < 1.29 is 9.90 Å². The van der Waals surface area contributed by atoms with Gasteiger partial charge in [-0.3, -0.25) is 9.69 Å². The number of aliphatic carboxylic acids is 1. The molecule has 1 aliphatic rings. The van der Waals surface area contributed by atoms with E-state index in [4.69, 9.17) is 28.3 Å². The molecular weight excluding hydrogens is 273 g/mol. The van der Waals surface area contributed by atoms with E-state index in [2.05, 4.69) is 0 Å². The van der Waals surface area contributed by atoms with E-state index in [0.29, 0.717) is 22.6 Å². The summed E-state index contributed by atoms with van der Waals surface area (Å²) in [6.45, 7) is 2.23. The van der Waals surface area contributed by atoms with Crippen LogP contribution in [0.2, 0.25) is 10.0 Å². The van der Waals surface area contributed by atoms with Crippen molar-refractivity contribution in [2.24, 2.45) is 0 Å². The van der Waals surface area contributed by atoms with Crippen LogP contribution in [0.25, 0.3) is 0 Å². The Hall–Kier alpha value is -0.770. The Labute approximate surface area is 116 Å². The quantitative estimate of drug-likeness (QED) is 0.902. The van der Waals surface area contributed by atoms with Gasteiger partial charge in [0.2, 0.25) is 0 Å². The smallest absolute Gasteiger partial charge is 0.320 e. The SMILES string of the molecule is CC(C(=O)O)N(Cc1cccc(Cl)c1Cl)C1CC1. The third kappa shape index (κ3) is 2.97. The fraction of sp³-hybridized carbons (Fsp3) is 0.462. The van der Waals surface area contributed by atoms with E-state index in [1.807, 2.05) is 17.0 Å². The molecule has 5 heteroatoms. The Morgan fingerprint density at radius 2 is 2.17 bits per heavy atom. The minimum absolute atomic E-state index is 0.353. The van der Waals surface area contributed by atoms with Crippen molar-refractivity contribution >= 4 is 29.2 Å². The molecule has 98 valence electrons. The van der Waals surface area contributed by atoms with Gasteiger partial charge < -0.3 is 5.11 Å². The summed E-state index contributed by atoms with van der Waals surface area (Å²) in [6, 6.07) is 5.30. The Bertz CT molecular complexity index is 460. The van der Waals surface area contributed by atoms with Crippen molar-refractivity contribution in [3.63, 3.8) is 0 Å². The molecule has 2 rings (SSSR count). The molecule has 0 spiro atoms. The maximum atomic E-state index is 11.1. The van der Waals surface area contributed by atoms with E-state index in [1.54, 1.807) is 13.0 Å². The molecule has 3 nitrogen and oxygen atoms in total. The number of hydrogen-bond donors (Lipinski definition) is 1. The van der Waals surface area contributed by atoms with Crippen molar-refractivity contribution in [1.82, 2.24) is 4.90 Å². The van der Waals surface area contributed by atoms with Crippen molar-refractivity contribution in [1.29, 1.82) is 0 Å². The number of carboxylic acids is 1. The third-order valence-electron chi connectivity index (χ3n) is 3.26. The van der Waals surface area contributed by atoms with Gasteiger partial charge in [0.1, 0.15) is 6.04 Å². The minimum atomic E-state index is -0.806. The lowest BCUT2D eigenvalue weighted by molar-refractivity contribution is -0.143. The molecule has 0 aromatic heterocycles. The first-order chi connectivity index (χ1) is 8.50. The topological polar surface area (TPSA) is 40.5 Å². The van der Waals surface area contributed by atoms with E-state index in [9.17, 15) is 4.79 Å². The molecule has 0 radical (unpaired) electrons. The second kappa shape index (κ2) is 5.47. The zero-order valence-electron chi connectivity index (χ0n) is 10.1. The molecule has 1 fully saturated rings. The van der Waals surface area contributed by atoms with Gasteiger partial charge in [0.15, 0.2) is 0 Å². The number of nitrogens with zero attached hydrogens (tertiary/aromatic N) is 1. The van der Waals surface area contributed by atoms with Gasteiger partial charge >= 0.3 is 5.97 Å². The van der Waals surface area contributed by atoms with Gasteiger partial charge in [-0.25, -0.2) is 0 Å². The van der Waals surface area contributed by atoms with Crippen molar-refractivity contribution in [3.8, 4) is 0 Å². The standard InChI is InChI=1S/C13H15Cl2NO2/c1-8(13(17)18)16(10-5-6-10)7-9-3-2-4-11(14)12(9)15/h2-4,8,10H,5-7H2,1H3,(H,17,18). The molecule has 1 aliphatic carbocycles. The van der Waals surface area contributed by atoms with Crippen LogP contribution < -0.4 is 0 Å². The molecule has 0 amide bonds. The molecule has 1 saturated carbocycles. The first kappa shape index (κ1) is 13.7. The number of halogens is 2. The molecule has 0 bridgehead atoms. The van der Waals surface area contributed by atoms with Crippen molar-refractivity contribution in [2.45, 2.75) is 38.4 Å². The van der Waals surface area contributed by atoms with Gasteiger partial charge in [0, 0.05) is 12.6 Å². The second-order valence-electron chi connectivity index (χ2n) is 4.63. The third-order valence-corrected chi connectivity index (χ3v) is 4.11. The summed E-state index contributed by atoms with van der Waals surface area (Å²) < 4.78 is 0. The predicted octanol–water partition coefficient (Wildman–Crippen LogP) is 3.43. The van der Waals surface area contributed by atoms with Crippen LogP contribution in [0.3, 0.4) is 0 Å². The lowest BCUT2D eigenvalue weighted by atomic mass is 10.1. The minimum Gasteiger partial charge on any atom is -0.480 e. The summed E-state index contributed by atoms with van der Waals surface area (Å²) in [5.41, 5.74) is 0.879. The largest absolute Gasteiger partial charge is 0.480 e. The molecule has 18 heavy (non-hydrogen) atoms. The average Bonchev–Trinajstić information content (AvgIpc) is 3.14. The van der Waals surface area contributed by atoms with E-state index in [0.717, 1.165) is 18.4 Å². The number of rotatable bonds is 5. The van der Waals surface area contributed by atoms with E-state index in [-0.39, 0.29) is 0 Å². The Morgan fingerprint density at radius 3 is 2.72 bits per heavy atom. The summed E-state index contributed by atoms with van der Waals surface area (Å²) in [5, 5.41) is 10.2. The van der Waals surface area contributed by atoms with Gasteiger partial charge in [0.25, 0.3) is 0 Å². The number of carbonyl (C=O) groups is 1. The van der Waals surface area contributed by atoms with Crippen LogP contribution in [0.5, 0.6) is 0 Å². The molecule has 0 heterocycles. The monoisotopic (exact) mass is 287 g/mol. The fourth-order valence-corrected chi connectivity index (χ4v) is 2.38. The summed E-state index contributed by atoms with van der Waals surface area (Å²) in [7, 11) is 0. The van der Waals surface area contributed by atoms with E-state index >= 15 is 0 Å². The van der Waals surface area contributed by atoms with Gasteiger partial charge in [-0.05, 0) is 31.4 Å². The van der Waals surface area contributed by atoms with Gasteiger partial charge in [0.05, 0.1) is 10.0 Å². The maximum Gasteiger partial charge on any atom is 0.320 e. The van der Waals surface area contributed by atoms with Gasteiger partial charge in [-0.1, -0.05) is 35.3 Å². The van der Waals surface area contributed by atoms with Crippen LogP contribution in [0.4, 0.5) is 0 Å². The molecule has 1 aromatic rings. The van der Waals surface area contributed by atoms with Crippen molar-refractivity contribution in [3.05, 3.63) is 33.8 Å². The highest BCUT2D eigenvalue weighted by molar-refractivity contribution is 6.42. The van der Waals surface area contributed by atoms with Crippen LogP contribution in [0.1, 0.15) is 25.3 Å². The highest BCUT2D eigenvalue weighted by Gasteiger charge is 2.35. The molecule has 1 N–H and O–H groups in total. The average molecular weight is 288 g/mol. The summed E-state index contributed by atoms with van der Waals surface area (Å²) >= 11 is 12.1. The zero-order chi connectivity index (χ0) is 13.3. The molecule has 1 atom stereocenters. The number of benzene rings is 1. The summed E-state index contributed by atoms with van der Waals surface area (Å²) in [5.74, 6) is -0.806. The van der Waals surface area contributed by atoms with E-state index in [1.165, 1.54) is 0 Å². The second-order valence-corrected chi connectivity index (χ2v) is 5.42. The number of carboxylic acid groups (broad SMARTS) is 1. The maximum absolute atomic E-state index is 11.1. The van der Waals surface area contributed by atoms with Gasteiger partial charge in [-0.15, -0.1) is 0 Å². The van der Waals surface area contributed by atoms with Crippen LogP contribution in [0, 0.1) is 0 Å².